The summed E-state index contributed by atoms with van der Waals surface area (Å²) in [5, 5.41) is 7.11. The van der Waals surface area contributed by atoms with Crippen molar-refractivity contribution in [3.05, 3.63) is 71.0 Å². The van der Waals surface area contributed by atoms with Crippen LogP contribution in [0.1, 0.15) is 27.3 Å². The van der Waals surface area contributed by atoms with Crippen molar-refractivity contribution in [2.75, 3.05) is 19.5 Å². The molecule has 0 unspecified atom stereocenters. The number of anilines is 1. The zero-order valence-corrected chi connectivity index (χ0v) is 19.0. The van der Waals surface area contributed by atoms with Crippen LogP contribution in [0.2, 0.25) is 0 Å². The number of aromatic nitrogens is 2. The molecule has 0 aliphatic carbocycles. The highest BCUT2D eigenvalue weighted by Gasteiger charge is 2.27. The molecule has 1 aromatic heterocycles. The summed E-state index contributed by atoms with van der Waals surface area (Å²) in [6.45, 7) is 3.83. The quantitative estimate of drug-likeness (QED) is 0.607. The third-order valence-corrected chi connectivity index (χ3v) is 6.93. The second-order valence-electron chi connectivity index (χ2n) is 7.24. The van der Waals surface area contributed by atoms with E-state index >= 15 is 0 Å². The Balaban J connectivity index is 1.93. The SMILES string of the molecule is COc1ccc(C(=O)Nc2c(C)nn(C)c2C)cc1S(=O)(=O)N(C)Cc1ccccc1. The number of carbonyl (C=O) groups is 1. The molecule has 164 valence electrons. The van der Waals surface area contributed by atoms with Crippen LogP contribution in [0.5, 0.6) is 5.75 Å². The van der Waals surface area contributed by atoms with E-state index < -0.39 is 15.9 Å². The molecule has 0 bridgehead atoms. The lowest BCUT2D eigenvalue weighted by atomic mass is 10.2. The molecular formula is C22H26N4O4S. The van der Waals surface area contributed by atoms with E-state index in [-0.39, 0.29) is 22.8 Å². The Morgan fingerprint density at radius 1 is 1.16 bits per heavy atom. The van der Waals surface area contributed by atoms with Crippen molar-refractivity contribution >= 4 is 21.6 Å². The van der Waals surface area contributed by atoms with Gasteiger partial charge >= 0.3 is 0 Å². The largest absolute Gasteiger partial charge is 0.495 e. The van der Waals surface area contributed by atoms with Gasteiger partial charge < -0.3 is 10.1 Å². The Hall–Kier alpha value is -3.17. The number of amides is 1. The highest BCUT2D eigenvalue weighted by Crippen LogP contribution is 2.29. The van der Waals surface area contributed by atoms with E-state index in [1.807, 2.05) is 37.3 Å². The number of nitrogens with one attached hydrogen (secondary N) is 1. The number of ether oxygens (including phenoxy) is 1. The third-order valence-electron chi connectivity index (χ3n) is 5.11. The first-order valence-corrected chi connectivity index (χ1v) is 11.1. The second kappa shape index (κ2) is 8.91. The molecular weight excluding hydrogens is 416 g/mol. The maximum absolute atomic E-state index is 13.3. The Kier molecular flexibility index (Phi) is 6.47. The lowest BCUT2D eigenvalue weighted by molar-refractivity contribution is 0.102. The molecule has 0 spiro atoms. The standard InChI is InChI=1S/C22H26N4O4S/c1-15-21(16(2)26(4)24-15)23-22(27)18-11-12-19(30-5)20(13-18)31(28,29)25(3)14-17-9-7-6-8-10-17/h6-13H,14H2,1-5H3,(H,23,27). The van der Waals surface area contributed by atoms with Gasteiger partial charge in [0.2, 0.25) is 10.0 Å². The molecule has 3 aromatic rings. The molecule has 0 saturated heterocycles. The van der Waals surface area contributed by atoms with Crippen molar-refractivity contribution in [2.45, 2.75) is 25.3 Å². The first-order chi connectivity index (χ1) is 14.6. The number of carbonyl (C=O) groups excluding carboxylic acids is 1. The maximum atomic E-state index is 13.3. The smallest absolute Gasteiger partial charge is 0.255 e. The Morgan fingerprint density at radius 3 is 2.42 bits per heavy atom. The van der Waals surface area contributed by atoms with Gasteiger partial charge in [0, 0.05) is 26.2 Å². The molecule has 0 radical (unpaired) electrons. The van der Waals surface area contributed by atoms with E-state index in [1.54, 1.807) is 18.7 Å². The summed E-state index contributed by atoms with van der Waals surface area (Å²) in [6, 6.07) is 13.6. The summed E-state index contributed by atoms with van der Waals surface area (Å²) >= 11 is 0. The van der Waals surface area contributed by atoms with Crippen molar-refractivity contribution < 1.29 is 17.9 Å². The van der Waals surface area contributed by atoms with Gasteiger partial charge in [-0.3, -0.25) is 9.48 Å². The van der Waals surface area contributed by atoms with Crippen molar-refractivity contribution in [2.24, 2.45) is 7.05 Å². The summed E-state index contributed by atoms with van der Waals surface area (Å²) in [4.78, 5) is 12.8. The maximum Gasteiger partial charge on any atom is 0.255 e. The van der Waals surface area contributed by atoms with Gasteiger partial charge in [0.25, 0.3) is 5.91 Å². The monoisotopic (exact) mass is 442 g/mol. The first kappa shape index (κ1) is 22.5. The Morgan fingerprint density at radius 2 is 1.84 bits per heavy atom. The van der Waals surface area contributed by atoms with Crippen LogP contribution in [0.25, 0.3) is 0 Å². The average Bonchev–Trinajstić information content (AvgIpc) is 2.99. The van der Waals surface area contributed by atoms with Gasteiger partial charge in [0.05, 0.1) is 24.2 Å². The van der Waals surface area contributed by atoms with Crippen LogP contribution in [0.15, 0.2) is 53.4 Å². The lowest BCUT2D eigenvalue weighted by Gasteiger charge is -2.19. The third kappa shape index (κ3) is 4.62. The molecule has 1 N–H and O–H groups in total. The van der Waals surface area contributed by atoms with E-state index in [0.717, 1.165) is 11.3 Å². The second-order valence-corrected chi connectivity index (χ2v) is 9.25. The number of hydrogen-bond donors (Lipinski definition) is 1. The minimum atomic E-state index is -3.91. The van der Waals surface area contributed by atoms with Crippen LogP contribution in [-0.4, -0.2) is 42.6 Å². The molecule has 3 rings (SSSR count). The molecule has 0 aliphatic rings. The van der Waals surface area contributed by atoms with E-state index in [9.17, 15) is 13.2 Å². The first-order valence-electron chi connectivity index (χ1n) is 9.65. The normalized spacial score (nSPS) is 11.5. The molecule has 8 nitrogen and oxygen atoms in total. The fraction of sp³-hybridized carbons (Fsp3) is 0.273. The summed E-state index contributed by atoms with van der Waals surface area (Å²) in [5.41, 5.74) is 3.14. The van der Waals surface area contributed by atoms with Crippen LogP contribution < -0.4 is 10.1 Å². The number of hydrogen-bond acceptors (Lipinski definition) is 5. The number of benzene rings is 2. The summed E-state index contributed by atoms with van der Waals surface area (Å²) in [5.74, 6) is -0.255. The minimum absolute atomic E-state index is 0.0688. The van der Waals surface area contributed by atoms with Crippen LogP contribution in [0.4, 0.5) is 5.69 Å². The van der Waals surface area contributed by atoms with E-state index in [1.165, 1.54) is 36.7 Å². The van der Waals surface area contributed by atoms with Crippen molar-refractivity contribution in [1.29, 1.82) is 0 Å². The summed E-state index contributed by atoms with van der Waals surface area (Å²) in [6.07, 6.45) is 0. The molecule has 1 heterocycles. The highest BCUT2D eigenvalue weighted by atomic mass is 32.2. The molecule has 0 fully saturated rings. The molecule has 0 aliphatic heterocycles. The molecule has 31 heavy (non-hydrogen) atoms. The summed E-state index contributed by atoms with van der Waals surface area (Å²) < 4.78 is 34.7. The van der Waals surface area contributed by atoms with Gasteiger partial charge in [-0.15, -0.1) is 0 Å². The van der Waals surface area contributed by atoms with Crippen LogP contribution in [0.3, 0.4) is 0 Å². The van der Waals surface area contributed by atoms with Gasteiger partial charge in [0.15, 0.2) is 0 Å². The topological polar surface area (TPSA) is 93.5 Å². The minimum Gasteiger partial charge on any atom is -0.495 e. The molecule has 1 amide bonds. The van der Waals surface area contributed by atoms with Gasteiger partial charge in [0.1, 0.15) is 10.6 Å². The van der Waals surface area contributed by atoms with Crippen LogP contribution in [0, 0.1) is 13.8 Å². The van der Waals surface area contributed by atoms with Gasteiger partial charge in [-0.05, 0) is 37.6 Å². The van der Waals surface area contributed by atoms with E-state index in [4.69, 9.17) is 4.74 Å². The Labute approximate surface area is 182 Å². The zero-order valence-electron chi connectivity index (χ0n) is 18.2. The predicted octanol–water partition coefficient (Wildman–Crippen LogP) is 3.12. The van der Waals surface area contributed by atoms with Gasteiger partial charge in [-0.2, -0.15) is 9.40 Å². The average molecular weight is 443 g/mol. The van der Waals surface area contributed by atoms with Crippen LogP contribution >= 0.6 is 0 Å². The highest BCUT2D eigenvalue weighted by molar-refractivity contribution is 7.89. The predicted molar refractivity (Wildman–Crippen MR) is 119 cm³/mol. The number of sulfonamides is 1. The zero-order chi connectivity index (χ0) is 22.8. The molecule has 2 aromatic carbocycles. The van der Waals surface area contributed by atoms with Crippen molar-refractivity contribution in [3.8, 4) is 5.75 Å². The number of aryl methyl sites for hydroxylation is 2. The van der Waals surface area contributed by atoms with Crippen LogP contribution in [-0.2, 0) is 23.6 Å². The number of methoxy groups -OCH3 is 1. The van der Waals surface area contributed by atoms with E-state index in [0.29, 0.717) is 11.4 Å². The van der Waals surface area contributed by atoms with Crippen molar-refractivity contribution in [1.82, 2.24) is 14.1 Å². The van der Waals surface area contributed by atoms with E-state index in [2.05, 4.69) is 10.4 Å². The molecule has 0 saturated carbocycles. The molecule has 0 atom stereocenters. The number of nitrogens with zero attached hydrogens (tertiary/aromatic N) is 3. The fourth-order valence-corrected chi connectivity index (χ4v) is 4.59. The fourth-order valence-electron chi connectivity index (χ4n) is 3.25. The molecule has 9 heteroatoms. The Bertz CT molecular complexity index is 1200. The van der Waals surface area contributed by atoms with Gasteiger partial charge in [-0.1, -0.05) is 30.3 Å². The summed E-state index contributed by atoms with van der Waals surface area (Å²) in [7, 11) is 0.775. The number of rotatable bonds is 7. The van der Waals surface area contributed by atoms with Gasteiger partial charge in [-0.25, -0.2) is 8.42 Å². The lowest BCUT2D eigenvalue weighted by Crippen LogP contribution is -2.27. The van der Waals surface area contributed by atoms with Crippen molar-refractivity contribution in [3.63, 3.8) is 0 Å².